The van der Waals surface area contributed by atoms with Crippen molar-refractivity contribution >= 4 is 23.0 Å². The molecule has 1 aliphatic carbocycles. The van der Waals surface area contributed by atoms with Gasteiger partial charge in [0.1, 0.15) is 5.75 Å². The van der Waals surface area contributed by atoms with Crippen LogP contribution in [-0.2, 0) is 10.2 Å². The van der Waals surface area contributed by atoms with Gasteiger partial charge in [-0.15, -0.1) is 0 Å². The highest BCUT2D eigenvalue weighted by Crippen LogP contribution is 2.47. The molecule has 0 unspecified atom stereocenters. The van der Waals surface area contributed by atoms with Crippen molar-refractivity contribution in [3.05, 3.63) is 77.9 Å². The van der Waals surface area contributed by atoms with E-state index in [4.69, 9.17) is 4.74 Å². The normalized spacial score (nSPS) is 14.5. The number of carbonyl (C=O) groups is 2. The lowest BCUT2D eigenvalue weighted by Crippen LogP contribution is -2.35. The predicted octanol–water partition coefficient (Wildman–Crippen LogP) is 3.88. The van der Waals surface area contributed by atoms with Gasteiger partial charge < -0.3 is 10.1 Å². The first-order chi connectivity index (χ1) is 13.2. The summed E-state index contributed by atoms with van der Waals surface area (Å²) < 4.78 is 5.65. The molecule has 3 aromatic rings. The van der Waals surface area contributed by atoms with E-state index in [1.165, 1.54) is 5.56 Å². The van der Waals surface area contributed by atoms with Crippen molar-refractivity contribution in [2.45, 2.75) is 18.3 Å². The highest BCUT2D eigenvalue weighted by Gasteiger charge is 2.44. The van der Waals surface area contributed by atoms with Gasteiger partial charge in [0, 0.05) is 12.0 Å². The van der Waals surface area contributed by atoms with Crippen LogP contribution in [-0.4, -0.2) is 25.3 Å². The Bertz CT molecular complexity index is 977. The number of fused-ring (bicyclic) bond motifs is 1. The lowest BCUT2D eigenvalue weighted by Gasteiger charge is -2.17. The van der Waals surface area contributed by atoms with Crippen LogP contribution in [0.3, 0.4) is 0 Å². The fourth-order valence-electron chi connectivity index (χ4n) is 3.50. The minimum absolute atomic E-state index is 0.0633. The predicted molar refractivity (Wildman–Crippen MR) is 105 cm³/mol. The third-order valence-electron chi connectivity index (χ3n) is 5.27. The number of nitrogens with one attached hydrogen (secondary N) is 1. The van der Waals surface area contributed by atoms with Gasteiger partial charge in [-0.05, 0) is 35.2 Å². The molecule has 1 amide bonds. The van der Waals surface area contributed by atoms with E-state index in [-0.39, 0.29) is 17.9 Å². The Balaban J connectivity index is 1.39. The van der Waals surface area contributed by atoms with Gasteiger partial charge >= 0.3 is 0 Å². The number of ether oxygens (including phenoxy) is 1. The summed E-state index contributed by atoms with van der Waals surface area (Å²) in [5.74, 6) is 0.255. The summed E-state index contributed by atoms with van der Waals surface area (Å²) in [6, 6.07) is 21.5. The SMILES string of the molecule is O=Cc1c(OCC(=O)NCC2(c3ccccc3)CC2)ccc2ccccc12. The Morgan fingerprint density at radius 1 is 1.00 bits per heavy atom. The van der Waals surface area contributed by atoms with Gasteiger partial charge in [0.05, 0.1) is 5.56 Å². The molecule has 136 valence electrons. The topological polar surface area (TPSA) is 55.4 Å². The molecule has 0 heterocycles. The van der Waals surface area contributed by atoms with Crippen molar-refractivity contribution in [3.63, 3.8) is 0 Å². The van der Waals surface area contributed by atoms with E-state index < -0.39 is 0 Å². The maximum Gasteiger partial charge on any atom is 0.257 e. The Hall–Kier alpha value is -3.14. The van der Waals surface area contributed by atoms with E-state index in [1.54, 1.807) is 6.07 Å². The van der Waals surface area contributed by atoms with E-state index in [0.29, 0.717) is 17.9 Å². The molecule has 3 aromatic carbocycles. The lowest BCUT2D eigenvalue weighted by molar-refractivity contribution is -0.123. The summed E-state index contributed by atoms with van der Waals surface area (Å²) in [6.07, 6.45) is 2.94. The molecule has 1 saturated carbocycles. The first kappa shape index (κ1) is 17.3. The van der Waals surface area contributed by atoms with Crippen LogP contribution in [0.1, 0.15) is 28.8 Å². The molecule has 0 radical (unpaired) electrons. The summed E-state index contributed by atoms with van der Waals surface area (Å²) >= 11 is 0. The molecular weight excluding hydrogens is 338 g/mol. The van der Waals surface area contributed by atoms with E-state index in [0.717, 1.165) is 29.9 Å². The summed E-state index contributed by atoms with van der Waals surface area (Å²) in [6.45, 7) is 0.502. The summed E-state index contributed by atoms with van der Waals surface area (Å²) in [7, 11) is 0. The standard InChI is InChI=1S/C23H21NO3/c25-14-20-19-9-5-4-6-17(19)10-11-21(20)27-15-22(26)24-16-23(12-13-23)18-7-2-1-3-8-18/h1-11,14H,12-13,15-16H2,(H,24,26). The Morgan fingerprint density at radius 3 is 2.48 bits per heavy atom. The van der Waals surface area contributed by atoms with Crippen molar-refractivity contribution in [1.82, 2.24) is 5.32 Å². The van der Waals surface area contributed by atoms with E-state index in [1.807, 2.05) is 48.5 Å². The molecule has 1 fully saturated rings. The molecule has 0 spiro atoms. The van der Waals surface area contributed by atoms with Crippen LogP contribution in [0.2, 0.25) is 0 Å². The van der Waals surface area contributed by atoms with Crippen LogP contribution in [0.4, 0.5) is 0 Å². The Labute approximate surface area is 158 Å². The van der Waals surface area contributed by atoms with E-state index >= 15 is 0 Å². The molecule has 0 saturated heterocycles. The highest BCUT2D eigenvalue weighted by molar-refractivity contribution is 6.00. The maximum absolute atomic E-state index is 12.3. The smallest absolute Gasteiger partial charge is 0.257 e. The van der Waals surface area contributed by atoms with Gasteiger partial charge in [0.25, 0.3) is 5.91 Å². The maximum atomic E-state index is 12.3. The third kappa shape index (κ3) is 3.56. The summed E-state index contributed by atoms with van der Waals surface area (Å²) in [5, 5.41) is 4.77. The number of amides is 1. The molecule has 0 aliphatic heterocycles. The number of rotatable bonds is 7. The van der Waals surface area contributed by atoms with E-state index in [2.05, 4.69) is 17.4 Å². The molecule has 4 nitrogen and oxygen atoms in total. The zero-order valence-electron chi connectivity index (χ0n) is 15.0. The van der Waals surface area contributed by atoms with Gasteiger partial charge in [0.2, 0.25) is 0 Å². The van der Waals surface area contributed by atoms with Gasteiger partial charge in [0.15, 0.2) is 12.9 Å². The lowest BCUT2D eigenvalue weighted by atomic mass is 9.96. The zero-order valence-corrected chi connectivity index (χ0v) is 15.0. The fourth-order valence-corrected chi connectivity index (χ4v) is 3.50. The number of benzene rings is 3. The van der Waals surface area contributed by atoms with Gasteiger partial charge in [-0.1, -0.05) is 60.7 Å². The number of aldehydes is 1. The molecule has 0 aromatic heterocycles. The van der Waals surface area contributed by atoms with Crippen molar-refractivity contribution in [1.29, 1.82) is 0 Å². The molecule has 0 bridgehead atoms. The monoisotopic (exact) mass is 359 g/mol. The minimum atomic E-state index is -0.179. The van der Waals surface area contributed by atoms with Crippen LogP contribution in [0.5, 0.6) is 5.75 Å². The second kappa shape index (κ2) is 7.23. The van der Waals surface area contributed by atoms with E-state index in [9.17, 15) is 9.59 Å². The van der Waals surface area contributed by atoms with Crippen LogP contribution in [0.25, 0.3) is 10.8 Å². The first-order valence-electron chi connectivity index (χ1n) is 9.14. The van der Waals surface area contributed by atoms with Crippen LogP contribution < -0.4 is 10.1 Å². The number of hydrogen-bond donors (Lipinski definition) is 1. The quantitative estimate of drug-likeness (QED) is 0.652. The van der Waals surface area contributed by atoms with Crippen molar-refractivity contribution < 1.29 is 14.3 Å². The van der Waals surface area contributed by atoms with Crippen LogP contribution >= 0.6 is 0 Å². The van der Waals surface area contributed by atoms with Gasteiger partial charge in [-0.3, -0.25) is 9.59 Å². The molecule has 1 N–H and O–H groups in total. The number of hydrogen-bond acceptors (Lipinski definition) is 3. The average molecular weight is 359 g/mol. The average Bonchev–Trinajstić information content (AvgIpc) is 3.52. The van der Waals surface area contributed by atoms with Crippen molar-refractivity contribution in [2.24, 2.45) is 0 Å². The van der Waals surface area contributed by atoms with Crippen molar-refractivity contribution in [2.75, 3.05) is 13.2 Å². The molecule has 0 atom stereocenters. The fraction of sp³-hybridized carbons (Fsp3) is 0.217. The Kier molecular flexibility index (Phi) is 4.63. The Morgan fingerprint density at radius 2 is 1.74 bits per heavy atom. The highest BCUT2D eigenvalue weighted by atomic mass is 16.5. The minimum Gasteiger partial charge on any atom is -0.483 e. The zero-order chi connectivity index (χ0) is 18.7. The molecule has 1 aliphatic rings. The first-order valence-corrected chi connectivity index (χ1v) is 9.14. The summed E-state index contributed by atoms with van der Waals surface area (Å²) in [5.41, 5.74) is 1.81. The van der Waals surface area contributed by atoms with Crippen LogP contribution in [0.15, 0.2) is 66.7 Å². The second-order valence-corrected chi connectivity index (χ2v) is 7.03. The molecule has 4 rings (SSSR count). The summed E-state index contributed by atoms with van der Waals surface area (Å²) in [4.78, 5) is 23.8. The van der Waals surface area contributed by atoms with Crippen molar-refractivity contribution in [3.8, 4) is 5.75 Å². The van der Waals surface area contributed by atoms with Gasteiger partial charge in [-0.2, -0.15) is 0 Å². The third-order valence-corrected chi connectivity index (χ3v) is 5.27. The molecule has 4 heteroatoms. The molecule has 27 heavy (non-hydrogen) atoms. The number of carbonyl (C=O) groups excluding carboxylic acids is 2. The van der Waals surface area contributed by atoms with Crippen LogP contribution in [0, 0.1) is 0 Å². The molecular formula is C23H21NO3. The van der Waals surface area contributed by atoms with Gasteiger partial charge in [-0.25, -0.2) is 0 Å². The largest absolute Gasteiger partial charge is 0.483 e. The second-order valence-electron chi connectivity index (χ2n) is 7.03.